The number of halogens is 2. The maximum absolute atomic E-state index is 12.3. The lowest BCUT2D eigenvalue weighted by Gasteiger charge is -2.20. The fourth-order valence-electron chi connectivity index (χ4n) is 3.39. The number of nitrogens with zero attached hydrogens (tertiary/aromatic N) is 4. The van der Waals surface area contributed by atoms with E-state index in [1.807, 2.05) is 6.07 Å². The standard InChI is InChI=1S/C18H22N6OS.2ClH/c19-6-14-2-4-17(23-9-14)22-8-13-1-3-15(5-13)21-10-18(25)24-12-26-11-16(24)7-20;;/h2,4,9,13,15-16,21H,1,3,5,8,10-12H2,(H,22,23);2*1H/t13-,15-,16-;;/m1../s1. The van der Waals surface area contributed by atoms with Gasteiger partial charge in [0.25, 0.3) is 0 Å². The first kappa shape index (κ1) is 24.3. The number of nitriles is 2. The number of thioether (sulfide) groups is 1. The monoisotopic (exact) mass is 442 g/mol. The number of carbonyl (C=O) groups is 1. The first-order valence-corrected chi connectivity index (χ1v) is 9.95. The Bertz CT molecular complexity index is 720. The van der Waals surface area contributed by atoms with Gasteiger partial charge in [0.15, 0.2) is 0 Å². The molecule has 0 aromatic carbocycles. The van der Waals surface area contributed by atoms with Gasteiger partial charge < -0.3 is 15.5 Å². The Hall–Kier alpha value is -1.71. The molecular formula is C18H24Cl2N6OS. The van der Waals surface area contributed by atoms with Gasteiger partial charge in [0.05, 0.1) is 24.1 Å². The SMILES string of the molecule is Cl.Cl.N#Cc1ccc(NC[C@@H]2CC[C@@H](NCC(=O)N3CSC[C@H]3C#N)C2)nc1. The van der Waals surface area contributed by atoms with Crippen molar-refractivity contribution in [2.75, 3.05) is 30.0 Å². The molecule has 1 aromatic rings. The zero-order valence-corrected chi connectivity index (χ0v) is 17.8. The fraction of sp³-hybridized carbons (Fsp3) is 0.556. The zero-order valence-electron chi connectivity index (χ0n) is 15.3. The van der Waals surface area contributed by atoms with Crippen LogP contribution in [-0.2, 0) is 4.79 Å². The van der Waals surface area contributed by atoms with Crippen molar-refractivity contribution in [1.29, 1.82) is 10.5 Å². The molecule has 0 bridgehead atoms. The van der Waals surface area contributed by atoms with E-state index in [9.17, 15) is 4.79 Å². The third-order valence-corrected chi connectivity index (χ3v) is 5.91. The smallest absolute Gasteiger partial charge is 0.238 e. The van der Waals surface area contributed by atoms with E-state index in [0.717, 1.165) is 31.6 Å². The Balaban J connectivity index is 0.00000196. The van der Waals surface area contributed by atoms with Crippen molar-refractivity contribution in [3.8, 4) is 12.1 Å². The van der Waals surface area contributed by atoms with E-state index < -0.39 is 0 Å². The van der Waals surface area contributed by atoms with Crippen LogP contribution in [0.15, 0.2) is 18.3 Å². The summed E-state index contributed by atoms with van der Waals surface area (Å²) in [6.45, 7) is 1.14. The molecule has 2 N–H and O–H groups in total. The van der Waals surface area contributed by atoms with Gasteiger partial charge in [-0.3, -0.25) is 4.79 Å². The molecule has 1 aliphatic heterocycles. The number of nitrogens with one attached hydrogen (secondary N) is 2. The van der Waals surface area contributed by atoms with E-state index in [2.05, 4.69) is 27.8 Å². The first-order chi connectivity index (χ1) is 12.7. The molecule has 2 heterocycles. The predicted octanol–water partition coefficient (Wildman–Crippen LogP) is 2.39. The molecule has 28 heavy (non-hydrogen) atoms. The molecule has 1 aliphatic carbocycles. The van der Waals surface area contributed by atoms with Gasteiger partial charge in [0.1, 0.15) is 17.9 Å². The second-order valence-electron chi connectivity index (χ2n) is 6.69. The Morgan fingerprint density at radius 1 is 1.32 bits per heavy atom. The van der Waals surface area contributed by atoms with Crippen molar-refractivity contribution in [2.45, 2.75) is 31.3 Å². The van der Waals surface area contributed by atoms with Crippen molar-refractivity contribution < 1.29 is 4.79 Å². The van der Waals surface area contributed by atoms with E-state index >= 15 is 0 Å². The largest absolute Gasteiger partial charge is 0.370 e. The maximum Gasteiger partial charge on any atom is 0.238 e. The number of aromatic nitrogens is 1. The molecule has 1 amide bonds. The molecule has 1 aromatic heterocycles. The topological polar surface area (TPSA) is 105 Å². The van der Waals surface area contributed by atoms with Crippen molar-refractivity contribution in [3.63, 3.8) is 0 Å². The third kappa shape index (κ3) is 6.42. The predicted molar refractivity (Wildman–Crippen MR) is 115 cm³/mol. The number of amides is 1. The van der Waals surface area contributed by atoms with Crippen LogP contribution in [0.2, 0.25) is 0 Å². The highest BCUT2D eigenvalue weighted by atomic mass is 35.5. The number of carbonyl (C=O) groups excluding carboxylic acids is 1. The minimum Gasteiger partial charge on any atom is -0.370 e. The van der Waals surface area contributed by atoms with Crippen LogP contribution in [0.1, 0.15) is 24.8 Å². The van der Waals surface area contributed by atoms with Crippen LogP contribution in [-0.4, -0.2) is 52.6 Å². The number of hydrogen-bond donors (Lipinski definition) is 2. The first-order valence-electron chi connectivity index (χ1n) is 8.80. The lowest BCUT2D eigenvalue weighted by Crippen LogP contribution is -2.43. The molecule has 0 spiro atoms. The minimum absolute atomic E-state index is 0. The Morgan fingerprint density at radius 2 is 2.14 bits per heavy atom. The molecule has 152 valence electrons. The summed E-state index contributed by atoms with van der Waals surface area (Å²) in [5.41, 5.74) is 0.556. The Kier molecular flexibility index (Phi) is 10.4. The van der Waals surface area contributed by atoms with E-state index in [1.165, 1.54) is 0 Å². The van der Waals surface area contributed by atoms with E-state index in [-0.39, 0.29) is 36.8 Å². The normalized spacial score (nSPS) is 23.1. The second kappa shape index (κ2) is 12.0. The summed E-state index contributed by atoms with van der Waals surface area (Å²) in [6, 6.07) is 7.89. The van der Waals surface area contributed by atoms with Crippen molar-refractivity contribution >= 4 is 48.3 Å². The van der Waals surface area contributed by atoms with Crippen LogP contribution in [0.5, 0.6) is 0 Å². The van der Waals surface area contributed by atoms with Crippen molar-refractivity contribution in [3.05, 3.63) is 23.9 Å². The lowest BCUT2D eigenvalue weighted by molar-refractivity contribution is -0.129. The molecule has 3 atom stereocenters. The number of anilines is 1. The summed E-state index contributed by atoms with van der Waals surface area (Å²) in [4.78, 5) is 18.2. The zero-order chi connectivity index (χ0) is 18.4. The molecule has 2 aliphatic rings. The van der Waals surface area contributed by atoms with Gasteiger partial charge >= 0.3 is 0 Å². The molecule has 1 saturated heterocycles. The summed E-state index contributed by atoms with van der Waals surface area (Å²) in [7, 11) is 0. The van der Waals surface area contributed by atoms with Crippen LogP contribution in [0.25, 0.3) is 0 Å². The van der Waals surface area contributed by atoms with Gasteiger partial charge in [-0.25, -0.2) is 4.98 Å². The van der Waals surface area contributed by atoms with Gasteiger partial charge in [-0.2, -0.15) is 10.5 Å². The van der Waals surface area contributed by atoms with Gasteiger partial charge in [-0.05, 0) is 37.3 Å². The average molecular weight is 443 g/mol. The highest BCUT2D eigenvalue weighted by Crippen LogP contribution is 2.26. The third-order valence-electron chi connectivity index (χ3n) is 4.90. The van der Waals surface area contributed by atoms with E-state index in [0.29, 0.717) is 35.7 Å². The molecule has 10 heteroatoms. The summed E-state index contributed by atoms with van der Waals surface area (Å²) >= 11 is 1.63. The van der Waals surface area contributed by atoms with Gasteiger partial charge in [0, 0.05) is 24.5 Å². The Labute approximate surface area is 182 Å². The molecule has 7 nitrogen and oxygen atoms in total. The number of hydrogen-bond acceptors (Lipinski definition) is 7. The molecular weight excluding hydrogens is 419 g/mol. The summed E-state index contributed by atoms with van der Waals surface area (Å²) in [5, 5.41) is 24.5. The molecule has 2 fully saturated rings. The Morgan fingerprint density at radius 3 is 2.82 bits per heavy atom. The van der Waals surface area contributed by atoms with Crippen LogP contribution < -0.4 is 10.6 Å². The average Bonchev–Trinajstić information content (AvgIpc) is 3.34. The summed E-state index contributed by atoms with van der Waals surface area (Å²) < 4.78 is 0. The van der Waals surface area contributed by atoms with Crippen molar-refractivity contribution in [1.82, 2.24) is 15.2 Å². The van der Waals surface area contributed by atoms with Gasteiger partial charge in [0.2, 0.25) is 5.91 Å². The summed E-state index contributed by atoms with van der Waals surface area (Å²) in [6.07, 6.45) is 4.75. The van der Waals surface area contributed by atoms with Gasteiger partial charge in [-0.1, -0.05) is 0 Å². The van der Waals surface area contributed by atoms with Crippen LogP contribution in [0, 0.1) is 28.6 Å². The maximum atomic E-state index is 12.3. The van der Waals surface area contributed by atoms with Crippen LogP contribution in [0.3, 0.4) is 0 Å². The lowest BCUT2D eigenvalue weighted by atomic mass is 10.1. The number of rotatable bonds is 6. The highest BCUT2D eigenvalue weighted by Gasteiger charge is 2.30. The fourth-order valence-corrected chi connectivity index (χ4v) is 4.49. The van der Waals surface area contributed by atoms with E-state index in [1.54, 1.807) is 28.9 Å². The minimum atomic E-state index is -0.283. The van der Waals surface area contributed by atoms with Crippen LogP contribution >= 0.6 is 36.6 Å². The summed E-state index contributed by atoms with van der Waals surface area (Å²) in [5.74, 6) is 2.67. The van der Waals surface area contributed by atoms with E-state index in [4.69, 9.17) is 10.5 Å². The quantitative estimate of drug-likeness (QED) is 0.696. The van der Waals surface area contributed by atoms with Gasteiger partial charge in [-0.15, -0.1) is 36.6 Å². The molecule has 0 unspecified atom stereocenters. The van der Waals surface area contributed by atoms with Crippen LogP contribution in [0.4, 0.5) is 5.82 Å². The highest BCUT2D eigenvalue weighted by molar-refractivity contribution is 7.99. The molecule has 1 saturated carbocycles. The second-order valence-corrected chi connectivity index (χ2v) is 7.69. The number of pyridine rings is 1. The molecule has 0 radical (unpaired) electrons. The molecule has 3 rings (SSSR count). The van der Waals surface area contributed by atoms with Crippen molar-refractivity contribution in [2.24, 2.45) is 5.92 Å².